The number of carbonyl (C=O) groups is 2. The fraction of sp³-hybridized carbons (Fsp3) is 0.200. The summed E-state index contributed by atoms with van der Waals surface area (Å²) in [6.45, 7) is 3.80. The molecule has 0 amide bonds. The van der Waals surface area contributed by atoms with Crippen LogP contribution in [0.4, 0.5) is 11.4 Å². The van der Waals surface area contributed by atoms with Gasteiger partial charge in [-0.3, -0.25) is 14.4 Å². The second-order valence-corrected chi connectivity index (χ2v) is 8.84. The normalized spacial score (nSPS) is 12.4. The zero-order valence-corrected chi connectivity index (χ0v) is 20.7. The van der Waals surface area contributed by atoms with Crippen molar-refractivity contribution < 1.29 is 14.7 Å². The van der Waals surface area contributed by atoms with Crippen molar-refractivity contribution in [1.29, 1.82) is 5.26 Å². The summed E-state index contributed by atoms with van der Waals surface area (Å²) in [7, 11) is 0. The Labute approximate surface area is 215 Å². The molecule has 2 N–H and O–H groups in total. The fourth-order valence-electron chi connectivity index (χ4n) is 3.94. The van der Waals surface area contributed by atoms with E-state index in [0.29, 0.717) is 6.54 Å². The van der Waals surface area contributed by atoms with Crippen molar-refractivity contribution in [2.45, 2.75) is 26.7 Å². The molecular formula is C25H19Cl2N5O4. The third kappa shape index (κ3) is 4.04. The number of azo groups is 1. The quantitative estimate of drug-likeness (QED) is 0.250. The van der Waals surface area contributed by atoms with Crippen LogP contribution in [0, 0.1) is 18.3 Å². The standard InChI is InChI=1S/C25H19Cl2N5O4/c1-3-4-10-29-32-24(35)14(11-28)12(2)21(25(32)36)31-30-17-7-5-6-13-18(17)23(34)20-16(27)9-8-15(26)19(20)22(13)33/h5-9,29,35H,3-4,10H2,1-2H3. The first-order chi connectivity index (χ1) is 17.2. The molecular weight excluding hydrogens is 505 g/mol. The monoisotopic (exact) mass is 523 g/mol. The second-order valence-electron chi connectivity index (χ2n) is 8.02. The molecule has 0 atom stereocenters. The summed E-state index contributed by atoms with van der Waals surface area (Å²) in [6, 6.07) is 9.21. The third-order valence-corrected chi connectivity index (χ3v) is 6.44. The molecule has 0 fully saturated rings. The molecule has 0 saturated heterocycles. The highest BCUT2D eigenvalue weighted by Gasteiger charge is 2.35. The van der Waals surface area contributed by atoms with Gasteiger partial charge in [-0.25, -0.2) is 0 Å². The summed E-state index contributed by atoms with van der Waals surface area (Å²) < 4.78 is 0.850. The van der Waals surface area contributed by atoms with Gasteiger partial charge in [0.2, 0.25) is 5.88 Å². The number of nitrogens with zero attached hydrogens (tertiary/aromatic N) is 4. The van der Waals surface area contributed by atoms with E-state index in [9.17, 15) is 24.8 Å². The van der Waals surface area contributed by atoms with Gasteiger partial charge < -0.3 is 10.5 Å². The summed E-state index contributed by atoms with van der Waals surface area (Å²) in [5.74, 6) is -1.57. The molecule has 4 rings (SSSR count). The molecule has 1 aliphatic carbocycles. The van der Waals surface area contributed by atoms with E-state index in [2.05, 4.69) is 15.7 Å². The molecule has 3 aromatic rings. The number of aromatic nitrogens is 1. The van der Waals surface area contributed by atoms with Crippen molar-refractivity contribution in [1.82, 2.24) is 4.68 Å². The lowest BCUT2D eigenvalue weighted by molar-refractivity contribution is 0.0979. The van der Waals surface area contributed by atoms with E-state index < -0.39 is 23.0 Å². The number of halogens is 2. The van der Waals surface area contributed by atoms with E-state index in [1.165, 1.54) is 37.3 Å². The highest BCUT2D eigenvalue weighted by molar-refractivity contribution is 6.43. The van der Waals surface area contributed by atoms with Crippen molar-refractivity contribution >= 4 is 46.1 Å². The molecule has 0 aliphatic heterocycles. The second kappa shape index (κ2) is 9.93. The lowest BCUT2D eigenvalue weighted by atomic mass is 9.83. The highest BCUT2D eigenvalue weighted by Crippen LogP contribution is 2.39. The van der Waals surface area contributed by atoms with Crippen molar-refractivity contribution in [2.75, 3.05) is 12.0 Å². The minimum atomic E-state index is -0.726. The molecule has 0 saturated carbocycles. The van der Waals surface area contributed by atoms with Gasteiger partial charge in [-0.05, 0) is 31.5 Å². The van der Waals surface area contributed by atoms with Crippen LogP contribution in [0.25, 0.3) is 0 Å². The highest BCUT2D eigenvalue weighted by atomic mass is 35.5. The van der Waals surface area contributed by atoms with E-state index in [4.69, 9.17) is 23.2 Å². The van der Waals surface area contributed by atoms with Crippen LogP contribution in [-0.2, 0) is 0 Å². The van der Waals surface area contributed by atoms with Crippen LogP contribution in [-0.4, -0.2) is 27.9 Å². The van der Waals surface area contributed by atoms with Crippen molar-refractivity contribution in [3.05, 3.63) is 84.1 Å². The first-order valence-electron chi connectivity index (χ1n) is 11.0. The number of carbonyl (C=O) groups excluding carboxylic acids is 2. The maximum absolute atomic E-state index is 13.4. The van der Waals surface area contributed by atoms with Crippen LogP contribution in [0.1, 0.15) is 62.7 Å². The van der Waals surface area contributed by atoms with Crippen LogP contribution in [0.2, 0.25) is 10.0 Å². The molecule has 1 aromatic heterocycles. The first-order valence-corrected chi connectivity index (χ1v) is 11.7. The number of hydrogen-bond acceptors (Lipinski definition) is 8. The fourth-order valence-corrected chi connectivity index (χ4v) is 4.42. The smallest absolute Gasteiger partial charge is 0.300 e. The summed E-state index contributed by atoms with van der Waals surface area (Å²) in [5, 5.41) is 28.3. The Balaban J connectivity index is 1.86. The number of nitriles is 1. The third-order valence-electron chi connectivity index (χ3n) is 5.81. The number of nitrogens with one attached hydrogen (secondary N) is 1. The zero-order chi connectivity index (χ0) is 26.1. The Morgan fingerprint density at radius 3 is 2.33 bits per heavy atom. The van der Waals surface area contributed by atoms with Crippen LogP contribution in [0.15, 0.2) is 45.4 Å². The molecule has 0 spiro atoms. The number of ketones is 2. The minimum Gasteiger partial charge on any atom is -0.492 e. The average molecular weight is 524 g/mol. The summed E-state index contributed by atoms with van der Waals surface area (Å²) >= 11 is 12.4. The van der Waals surface area contributed by atoms with Gasteiger partial charge in [0.15, 0.2) is 17.3 Å². The molecule has 9 nitrogen and oxygen atoms in total. The van der Waals surface area contributed by atoms with Gasteiger partial charge in [0, 0.05) is 17.7 Å². The number of hydrogen-bond donors (Lipinski definition) is 2. The Hall–Kier alpha value is -4.00. The maximum Gasteiger partial charge on any atom is 0.300 e. The predicted molar refractivity (Wildman–Crippen MR) is 135 cm³/mol. The number of fused-ring (bicyclic) bond motifs is 2. The van der Waals surface area contributed by atoms with Gasteiger partial charge in [0.05, 0.1) is 32.4 Å². The molecule has 11 heteroatoms. The van der Waals surface area contributed by atoms with Crippen molar-refractivity contribution in [2.24, 2.45) is 10.2 Å². The Bertz CT molecular complexity index is 1570. The van der Waals surface area contributed by atoms with Gasteiger partial charge in [-0.15, -0.1) is 10.2 Å². The van der Waals surface area contributed by atoms with E-state index in [1.54, 1.807) is 0 Å². The lowest BCUT2D eigenvalue weighted by Crippen LogP contribution is -2.30. The van der Waals surface area contributed by atoms with Crippen LogP contribution >= 0.6 is 23.2 Å². The molecule has 0 bridgehead atoms. The Morgan fingerprint density at radius 2 is 1.69 bits per heavy atom. The summed E-state index contributed by atoms with van der Waals surface area (Å²) in [4.78, 5) is 39.6. The Morgan fingerprint density at radius 1 is 1.03 bits per heavy atom. The SMILES string of the molecule is CCCCNn1c(O)c(C#N)c(C)c(N=Nc2cccc3c2C(=O)c2c(Cl)ccc(Cl)c2C3=O)c1=O. The molecule has 182 valence electrons. The van der Waals surface area contributed by atoms with Gasteiger partial charge >= 0.3 is 0 Å². The van der Waals surface area contributed by atoms with Gasteiger partial charge in [0.25, 0.3) is 5.56 Å². The molecule has 36 heavy (non-hydrogen) atoms. The number of aromatic hydroxyl groups is 1. The van der Waals surface area contributed by atoms with Crippen LogP contribution in [0.3, 0.4) is 0 Å². The molecule has 1 aliphatic rings. The zero-order valence-electron chi connectivity index (χ0n) is 19.2. The molecule has 2 aromatic carbocycles. The largest absolute Gasteiger partial charge is 0.492 e. The van der Waals surface area contributed by atoms with Gasteiger partial charge in [0.1, 0.15) is 11.6 Å². The number of unbranched alkanes of at least 4 members (excludes halogenated alkanes) is 1. The first kappa shape index (κ1) is 25.1. The summed E-state index contributed by atoms with van der Waals surface area (Å²) in [6.07, 6.45) is 1.56. The van der Waals surface area contributed by atoms with E-state index in [0.717, 1.165) is 17.5 Å². The van der Waals surface area contributed by atoms with Crippen LogP contribution in [0.5, 0.6) is 5.88 Å². The number of pyridine rings is 1. The number of benzene rings is 2. The molecule has 0 unspecified atom stereocenters. The lowest BCUT2D eigenvalue weighted by Gasteiger charge is -2.20. The Kier molecular flexibility index (Phi) is 6.93. The summed E-state index contributed by atoms with van der Waals surface area (Å²) in [5.41, 5.74) is 1.89. The van der Waals surface area contributed by atoms with Crippen molar-refractivity contribution in [3.63, 3.8) is 0 Å². The van der Waals surface area contributed by atoms with Gasteiger partial charge in [-0.2, -0.15) is 9.94 Å². The van der Waals surface area contributed by atoms with Gasteiger partial charge in [-0.1, -0.05) is 48.7 Å². The average Bonchev–Trinajstić information content (AvgIpc) is 2.86. The minimum absolute atomic E-state index is 0.0184. The molecule has 1 heterocycles. The topological polar surface area (TPSA) is 137 Å². The predicted octanol–water partition coefficient (Wildman–Crippen LogP) is 5.58. The van der Waals surface area contributed by atoms with E-state index >= 15 is 0 Å². The van der Waals surface area contributed by atoms with Crippen molar-refractivity contribution in [3.8, 4) is 11.9 Å². The van der Waals surface area contributed by atoms with E-state index in [-0.39, 0.29) is 54.8 Å². The van der Waals surface area contributed by atoms with E-state index in [1.807, 2.05) is 13.0 Å². The number of rotatable bonds is 6. The van der Waals surface area contributed by atoms with Crippen LogP contribution < -0.4 is 11.0 Å². The maximum atomic E-state index is 13.4. The molecule has 0 radical (unpaired) electrons.